The lowest BCUT2D eigenvalue weighted by Crippen LogP contribution is -2.30. The Kier molecular flexibility index (Phi) is 7.87. The Morgan fingerprint density at radius 2 is 1.54 bits per heavy atom. The van der Waals surface area contributed by atoms with Crippen LogP contribution in [0.2, 0.25) is 0 Å². The van der Waals surface area contributed by atoms with Crippen LogP contribution in [0.15, 0.2) is 72.8 Å². The number of hydrogen-bond acceptors (Lipinski definition) is 5. The largest absolute Gasteiger partial charge is 0.384 e. The third-order valence-corrected chi connectivity index (χ3v) is 5.69. The zero-order chi connectivity index (χ0) is 25.6. The van der Waals surface area contributed by atoms with Gasteiger partial charge in [-0.15, -0.1) is 0 Å². The van der Waals surface area contributed by atoms with Crippen molar-refractivity contribution in [2.45, 2.75) is 19.4 Å². The van der Waals surface area contributed by atoms with Crippen LogP contribution in [0.25, 0.3) is 11.1 Å². The van der Waals surface area contributed by atoms with Gasteiger partial charge in [0.05, 0.1) is 12.3 Å². The quantitative estimate of drug-likeness (QED) is 0.176. The van der Waals surface area contributed by atoms with Gasteiger partial charge in [0.15, 0.2) is 0 Å². The Morgan fingerprint density at radius 3 is 2.14 bits per heavy atom. The van der Waals surface area contributed by atoms with E-state index in [1.807, 2.05) is 43.3 Å². The van der Waals surface area contributed by atoms with E-state index in [1.54, 1.807) is 36.4 Å². The third kappa shape index (κ3) is 7.68. The molecule has 1 atom stereocenters. The monoisotopic (exact) mass is 493 g/mol. The lowest BCUT2D eigenvalue weighted by molar-refractivity contribution is -0.127. The summed E-state index contributed by atoms with van der Waals surface area (Å²) in [4.78, 5) is 24.6. The summed E-state index contributed by atoms with van der Waals surface area (Å²) in [5.41, 5.74) is 9.58. The second kappa shape index (κ2) is 10.8. The number of nitrogen functional groups attached to an aromatic ring is 1. The summed E-state index contributed by atoms with van der Waals surface area (Å²) in [6, 6.07) is 20.7. The van der Waals surface area contributed by atoms with E-state index in [0.29, 0.717) is 16.9 Å². The number of nitrogens with one attached hydrogen (secondary N) is 4. The molecule has 1 unspecified atom stereocenters. The number of carbonyl (C=O) groups excluding carboxylic acids is 2. The molecule has 0 spiro atoms. The van der Waals surface area contributed by atoms with Crippen LogP contribution in [0.5, 0.6) is 0 Å². The van der Waals surface area contributed by atoms with Crippen LogP contribution in [-0.2, 0) is 19.6 Å². The predicted octanol–water partition coefficient (Wildman–Crippen LogP) is 3.22. The van der Waals surface area contributed by atoms with Crippen LogP contribution in [0.4, 0.5) is 11.4 Å². The molecule has 3 rings (SSSR count). The number of hydrogen-bond donors (Lipinski definition) is 5. The molecule has 0 saturated carbocycles. The van der Waals surface area contributed by atoms with Crippen molar-refractivity contribution in [1.29, 1.82) is 5.41 Å². The summed E-state index contributed by atoms with van der Waals surface area (Å²) in [7, 11) is -3.35. The number of amides is 2. The lowest BCUT2D eigenvalue weighted by atomic mass is 10.00. The average molecular weight is 494 g/mol. The van der Waals surface area contributed by atoms with Crippen molar-refractivity contribution in [2.24, 2.45) is 5.73 Å². The lowest BCUT2D eigenvalue weighted by Gasteiger charge is -2.16. The van der Waals surface area contributed by atoms with Crippen molar-refractivity contribution in [2.75, 3.05) is 16.3 Å². The summed E-state index contributed by atoms with van der Waals surface area (Å²) in [6.07, 6.45) is 0.754. The molecule has 0 fully saturated rings. The number of amidine groups is 1. The maximum absolute atomic E-state index is 12.4. The molecule has 182 valence electrons. The molecule has 6 N–H and O–H groups in total. The fourth-order valence-corrected chi connectivity index (χ4v) is 3.96. The zero-order valence-corrected chi connectivity index (χ0v) is 20.1. The fraction of sp³-hybridized carbons (Fsp3) is 0.160. The zero-order valence-electron chi connectivity index (χ0n) is 19.3. The van der Waals surface area contributed by atoms with E-state index < -0.39 is 21.8 Å². The molecular weight excluding hydrogens is 466 g/mol. The van der Waals surface area contributed by atoms with Gasteiger partial charge in [-0.2, -0.15) is 0 Å². The Morgan fingerprint density at radius 1 is 0.914 bits per heavy atom. The molecule has 0 heterocycles. The van der Waals surface area contributed by atoms with Crippen molar-refractivity contribution in [1.82, 2.24) is 5.32 Å². The van der Waals surface area contributed by atoms with E-state index >= 15 is 0 Å². The number of sulfonamides is 1. The molecule has 10 heteroatoms. The first-order chi connectivity index (χ1) is 16.5. The van der Waals surface area contributed by atoms with E-state index in [1.165, 1.54) is 0 Å². The van der Waals surface area contributed by atoms with E-state index in [-0.39, 0.29) is 18.3 Å². The summed E-state index contributed by atoms with van der Waals surface area (Å²) >= 11 is 0. The van der Waals surface area contributed by atoms with Crippen LogP contribution < -0.4 is 21.1 Å². The number of benzene rings is 3. The smallest absolute Gasteiger partial charge is 0.233 e. The van der Waals surface area contributed by atoms with E-state index in [4.69, 9.17) is 11.1 Å². The molecule has 9 nitrogen and oxygen atoms in total. The van der Waals surface area contributed by atoms with Crippen LogP contribution in [-0.4, -0.2) is 32.3 Å². The number of nitrogens with two attached hydrogens (primary N) is 1. The topological polar surface area (TPSA) is 154 Å². The molecule has 0 saturated heterocycles. The standard InChI is InChI=1S/C25H27N5O4S/c1-16(28-23(31)15-24(32)29-21-10-8-18(9-11-21)25(26)27)19-4-3-5-20(14-19)17-6-12-22(13-7-17)30-35(2,33)34/h3-14,16,30H,15H2,1-2H3,(H3,26,27)(H,28,31)(H,29,32). The highest BCUT2D eigenvalue weighted by molar-refractivity contribution is 7.92. The molecule has 2 amide bonds. The normalized spacial score (nSPS) is 11.8. The van der Waals surface area contributed by atoms with Gasteiger partial charge in [0, 0.05) is 16.9 Å². The van der Waals surface area contributed by atoms with E-state index in [2.05, 4.69) is 15.4 Å². The minimum absolute atomic E-state index is 0.0683. The summed E-state index contributed by atoms with van der Waals surface area (Å²) in [6.45, 7) is 1.83. The van der Waals surface area contributed by atoms with Gasteiger partial charge < -0.3 is 16.4 Å². The van der Waals surface area contributed by atoms with E-state index in [9.17, 15) is 18.0 Å². The maximum atomic E-state index is 12.4. The minimum Gasteiger partial charge on any atom is -0.384 e. The van der Waals surface area contributed by atoms with Gasteiger partial charge in [-0.1, -0.05) is 30.3 Å². The minimum atomic E-state index is -3.35. The first-order valence-corrected chi connectivity index (χ1v) is 12.6. The third-order valence-electron chi connectivity index (χ3n) is 5.09. The molecule has 0 bridgehead atoms. The first-order valence-electron chi connectivity index (χ1n) is 10.7. The van der Waals surface area contributed by atoms with Crippen molar-refractivity contribution >= 4 is 39.0 Å². The number of rotatable bonds is 9. The van der Waals surface area contributed by atoms with Crippen LogP contribution >= 0.6 is 0 Å². The van der Waals surface area contributed by atoms with Gasteiger partial charge in [-0.25, -0.2) is 8.42 Å². The molecule has 0 radical (unpaired) electrons. The van der Waals surface area contributed by atoms with Gasteiger partial charge >= 0.3 is 0 Å². The van der Waals surface area contributed by atoms with Crippen LogP contribution in [0.3, 0.4) is 0 Å². The molecule has 35 heavy (non-hydrogen) atoms. The van der Waals surface area contributed by atoms with Crippen LogP contribution in [0.1, 0.15) is 30.5 Å². The van der Waals surface area contributed by atoms with Crippen molar-refractivity contribution in [3.63, 3.8) is 0 Å². The van der Waals surface area contributed by atoms with Crippen LogP contribution in [0, 0.1) is 5.41 Å². The van der Waals surface area contributed by atoms with Gasteiger partial charge in [-0.3, -0.25) is 19.7 Å². The highest BCUT2D eigenvalue weighted by atomic mass is 32.2. The number of carbonyl (C=O) groups is 2. The second-order valence-corrected chi connectivity index (χ2v) is 9.83. The Balaban J connectivity index is 1.59. The molecular formula is C25H27N5O4S. The second-order valence-electron chi connectivity index (χ2n) is 8.08. The summed E-state index contributed by atoms with van der Waals surface area (Å²) in [5.74, 6) is -0.944. The molecule has 3 aromatic carbocycles. The molecule has 3 aromatic rings. The van der Waals surface area contributed by atoms with Crippen molar-refractivity contribution in [3.8, 4) is 11.1 Å². The Labute approximate surface area is 204 Å². The van der Waals surface area contributed by atoms with Gasteiger partial charge in [0.2, 0.25) is 21.8 Å². The SMILES string of the molecule is CC(NC(=O)CC(=O)Nc1ccc(C(=N)N)cc1)c1cccc(-c2ccc(NS(C)(=O)=O)cc2)c1. The van der Waals surface area contributed by atoms with Crippen molar-refractivity contribution in [3.05, 3.63) is 83.9 Å². The average Bonchev–Trinajstić information content (AvgIpc) is 2.78. The van der Waals surface area contributed by atoms with Crippen molar-refractivity contribution < 1.29 is 18.0 Å². The van der Waals surface area contributed by atoms with Gasteiger partial charge in [-0.05, 0) is 66.1 Å². The van der Waals surface area contributed by atoms with E-state index in [0.717, 1.165) is 22.9 Å². The number of anilines is 2. The predicted molar refractivity (Wildman–Crippen MR) is 138 cm³/mol. The Bertz CT molecular complexity index is 1340. The molecule has 0 aliphatic rings. The van der Waals surface area contributed by atoms with Gasteiger partial charge in [0.25, 0.3) is 0 Å². The fourth-order valence-electron chi connectivity index (χ4n) is 3.39. The van der Waals surface area contributed by atoms with Gasteiger partial charge in [0.1, 0.15) is 12.3 Å². The first kappa shape index (κ1) is 25.4. The summed E-state index contributed by atoms with van der Waals surface area (Å²) < 4.78 is 25.2. The highest BCUT2D eigenvalue weighted by Crippen LogP contribution is 2.25. The molecule has 0 aliphatic heterocycles. The molecule has 0 aromatic heterocycles. The highest BCUT2D eigenvalue weighted by Gasteiger charge is 2.14. The Hall–Kier alpha value is -4.18. The maximum Gasteiger partial charge on any atom is 0.233 e. The summed E-state index contributed by atoms with van der Waals surface area (Å²) in [5, 5.41) is 12.9. The molecule has 0 aliphatic carbocycles.